The molecule has 1 N–H and O–H groups in total. The maximum Gasteiger partial charge on any atom is 0.253 e. The summed E-state index contributed by atoms with van der Waals surface area (Å²) >= 11 is 0. The Morgan fingerprint density at radius 2 is 1.67 bits per heavy atom. The number of benzene rings is 2. The molecule has 0 atom stereocenters. The number of fused-ring (bicyclic) bond motifs is 1. The van der Waals surface area contributed by atoms with Gasteiger partial charge in [0.25, 0.3) is 11.8 Å². The summed E-state index contributed by atoms with van der Waals surface area (Å²) in [5.41, 5.74) is 4.21. The third-order valence-electron chi connectivity index (χ3n) is 5.86. The molecule has 178 valence electrons. The van der Waals surface area contributed by atoms with Crippen molar-refractivity contribution in [3.8, 4) is 5.75 Å². The fourth-order valence-corrected chi connectivity index (χ4v) is 3.96. The molecular weight excluding hydrogens is 414 g/mol. The summed E-state index contributed by atoms with van der Waals surface area (Å²) < 4.78 is 6.10. The molecule has 0 saturated heterocycles. The van der Waals surface area contributed by atoms with Crippen molar-refractivity contribution >= 4 is 17.4 Å². The lowest BCUT2D eigenvalue weighted by Gasteiger charge is -2.19. The second kappa shape index (κ2) is 11.7. The Morgan fingerprint density at radius 1 is 0.970 bits per heavy atom. The summed E-state index contributed by atoms with van der Waals surface area (Å²) in [4.78, 5) is 28.8. The predicted molar refractivity (Wildman–Crippen MR) is 135 cm³/mol. The monoisotopic (exact) mass is 451 g/mol. The number of carbonyl (C=O) groups is 2. The summed E-state index contributed by atoms with van der Waals surface area (Å²) in [6.07, 6.45) is 4.11. The van der Waals surface area contributed by atoms with Crippen LogP contribution in [0.2, 0.25) is 0 Å². The average Bonchev–Trinajstić information content (AvgIpc) is 2.88. The highest BCUT2D eigenvalue weighted by Gasteiger charge is 2.18. The highest BCUT2D eigenvalue weighted by molar-refractivity contribution is 5.97. The van der Waals surface area contributed by atoms with E-state index in [0.29, 0.717) is 30.8 Å². The van der Waals surface area contributed by atoms with E-state index in [1.165, 1.54) is 0 Å². The molecule has 1 heterocycles. The number of hydrogen-bond acceptors (Lipinski definition) is 4. The molecule has 6 heteroatoms. The van der Waals surface area contributed by atoms with Crippen LogP contribution in [0.25, 0.3) is 5.57 Å². The van der Waals surface area contributed by atoms with E-state index in [2.05, 4.69) is 11.4 Å². The summed E-state index contributed by atoms with van der Waals surface area (Å²) in [5.74, 6) is 0.744. The number of amides is 2. The van der Waals surface area contributed by atoms with Crippen LogP contribution in [0.3, 0.4) is 0 Å². The van der Waals surface area contributed by atoms with E-state index in [9.17, 15) is 9.59 Å². The summed E-state index contributed by atoms with van der Waals surface area (Å²) in [6.45, 7) is 7.59. The molecule has 1 aliphatic rings. The minimum Gasteiger partial charge on any atom is -0.492 e. The maximum atomic E-state index is 12.7. The molecule has 3 rings (SSSR count). The van der Waals surface area contributed by atoms with Crippen LogP contribution in [0.4, 0.5) is 0 Å². The zero-order chi connectivity index (χ0) is 23.8. The first-order valence-electron chi connectivity index (χ1n) is 11.8. The SMILES string of the molecule is CCN(CC)C(=O)c1ccc(/C2=C/CCCNCCOc3ccc(C(=O)N(C)C)cc32)cc1.[HH]. The Kier molecular flexibility index (Phi) is 8.66. The van der Waals surface area contributed by atoms with Crippen molar-refractivity contribution in [1.82, 2.24) is 15.1 Å². The zero-order valence-electron chi connectivity index (χ0n) is 20.2. The summed E-state index contributed by atoms with van der Waals surface area (Å²) in [6, 6.07) is 13.4. The van der Waals surface area contributed by atoms with Crippen LogP contribution in [0.5, 0.6) is 5.75 Å². The van der Waals surface area contributed by atoms with Crippen LogP contribution in [0.1, 0.15) is 60.0 Å². The second-order valence-electron chi connectivity index (χ2n) is 8.32. The van der Waals surface area contributed by atoms with Gasteiger partial charge in [-0.05, 0) is 74.7 Å². The van der Waals surface area contributed by atoms with E-state index in [1.807, 2.05) is 61.2 Å². The molecule has 0 saturated carbocycles. The number of nitrogens with zero attached hydrogens (tertiary/aromatic N) is 2. The van der Waals surface area contributed by atoms with Gasteiger partial charge in [0.1, 0.15) is 12.4 Å². The molecule has 0 bridgehead atoms. The highest BCUT2D eigenvalue weighted by Crippen LogP contribution is 2.33. The molecule has 0 unspecified atom stereocenters. The fourth-order valence-electron chi connectivity index (χ4n) is 3.96. The number of ether oxygens (including phenoxy) is 1. The average molecular weight is 452 g/mol. The van der Waals surface area contributed by atoms with E-state index >= 15 is 0 Å². The molecule has 33 heavy (non-hydrogen) atoms. The van der Waals surface area contributed by atoms with E-state index in [4.69, 9.17) is 4.74 Å². The van der Waals surface area contributed by atoms with Gasteiger partial charge in [-0.1, -0.05) is 18.2 Å². The van der Waals surface area contributed by atoms with Gasteiger partial charge in [0.05, 0.1) is 0 Å². The van der Waals surface area contributed by atoms with Gasteiger partial charge in [-0.25, -0.2) is 0 Å². The standard InChI is InChI=1S/C27H35N3O3.H2/c1-5-30(6-2)27(32)21-12-10-20(11-13-21)23-9-7-8-16-28-17-18-33-25-15-14-22(19-24(23)25)26(31)29(3)4;/h9-15,19,28H,5-8,16-18H2,1-4H3;1H/b23-9-;. The first-order chi connectivity index (χ1) is 16.0. The smallest absolute Gasteiger partial charge is 0.253 e. The first kappa shape index (κ1) is 24.5. The second-order valence-corrected chi connectivity index (χ2v) is 8.32. The van der Waals surface area contributed by atoms with Crippen LogP contribution in [-0.2, 0) is 0 Å². The van der Waals surface area contributed by atoms with Gasteiger partial charge in [-0.3, -0.25) is 9.59 Å². The normalized spacial score (nSPS) is 15.8. The molecule has 0 aromatic heterocycles. The maximum absolute atomic E-state index is 12.7. The highest BCUT2D eigenvalue weighted by atomic mass is 16.5. The lowest BCUT2D eigenvalue weighted by molar-refractivity contribution is 0.0772. The fraction of sp³-hybridized carbons (Fsp3) is 0.407. The van der Waals surface area contributed by atoms with Crippen molar-refractivity contribution in [3.05, 3.63) is 70.8 Å². The Labute approximate surface area is 198 Å². The number of carbonyl (C=O) groups excluding carboxylic acids is 2. The van der Waals surface area contributed by atoms with Crippen molar-refractivity contribution in [2.75, 3.05) is 46.9 Å². The van der Waals surface area contributed by atoms with Crippen molar-refractivity contribution in [2.24, 2.45) is 0 Å². The van der Waals surface area contributed by atoms with Crippen molar-refractivity contribution in [3.63, 3.8) is 0 Å². The van der Waals surface area contributed by atoms with Crippen LogP contribution in [0.15, 0.2) is 48.5 Å². The third kappa shape index (κ3) is 6.02. The van der Waals surface area contributed by atoms with E-state index < -0.39 is 0 Å². The van der Waals surface area contributed by atoms with Crippen LogP contribution in [-0.4, -0.2) is 68.5 Å². The number of hydrogen-bond donors (Lipinski definition) is 1. The summed E-state index contributed by atoms with van der Waals surface area (Å²) in [5, 5.41) is 3.40. The summed E-state index contributed by atoms with van der Waals surface area (Å²) in [7, 11) is 3.51. The third-order valence-corrected chi connectivity index (χ3v) is 5.86. The number of allylic oxidation sites excluding steroid dienone is 1. The molecule has 0 spiro atoms. The number of rotatable bonds is 5. The molecule has 0 fully saturated rings. The van der Waals surface area contributed by atoms with Gasteiger partial charge in [-0.2, -0.15) is 0 Å². The molecule has 0 radical (unpaired) electrons. The molecular formula is C27H37N3O3. The Hall–Kier alpha value is -3.12. The van der Waals surface area contributed by atoms with E-state index in [1.54, 1.807) is 19.0 Å². The van der Waals surface area contributed by atoms with Gasteiger partial charge in [-0.15, -0.1) is 0 Å². The van der Waals surface area contributed by atoms with Gasteiger partial charge >= 0.3 is 0 Å². The Bertz CT molecular complexity index is 999. The minimum absolute atomic E-state index is 0. The first-order valence-corrected chi connectivity index (χ1v) is 11.8. The van der Waals surface area contributed by atoms with Crippen LogP contribution < -0.4 is 10.1 Å². The van der Waals surface area contributed by atoms with Gasteiger partial charge in [0.2, 0.25) is 0 Å². The molecule has 2 aromatic carbocycles. The lowest BCUT2D eigenvalue weighted by atomic mass is 9.93. The van der Waals surface area contributed by atoms with Gasteiger partial charge in [0.15, 0.2) is 0 Å². The molecule has 6 nitrogen and oxygen atoms in total. The molecule has 2 amide bonds. The minimum atomic E-state index is -0.0479. The molecule has 0 aliphatic carbocycles. The Morgan fingerprint density at radius 3 is 2.33 bits per heavy atom. The van der Waals surface area contributed by atoms with E-state index in [-0.39, 0.29) is 13.2 Å². The van der Waals surface area contributed by atoms with Crippen LogP contribution >= 0.6 is 0 Å². The molecule has 1 aliphatic heterocycles. The van der Waals surface area contributed by atoms with Crippen molar-refractivity contribution < 1.29 is 15.8 Å². The van der Waals surface area contributed by atoms with Crippen LogP contribution in [0, 0.1) is 0 Å². The largest absolute Gasteiger partial charge is 0.492 e. The van der Waals surface area contributed by atoms with Crippen molar-refractivity contribution in [2.45, 2.75) is 26.7 Å². The van der Waals surface area contributed by atoms with E-state index in [0.717, 1.165) is 48.4 Å². The molecule has 2 aromatic rings. The zero-order valence-corrected chi connectivity index (χ0v) is 20.2. The Balaban J connectivity index is 0.00000408. The van der Waals surface area contributed by atoms with Gasteiger partial charge < -0.3 is 19.9 Å². The van der Waals surface area contributed by atoms with Crippen molar-refractivity contribution in [1.29, 1.82) is 0 Å². The van der Waals surface area contributed by atoms with Gasteiger partial charge in [0, 0.05) is 51.8 Å². The number of nitrogens with one attached hydrogen (secondary N) is 1. The predicted octanol–water partition coefficient (Wildman–Crippen LogP) is 4.31. The quantitative estimate of drug-likeness (QED) is 0.736. The topological polar surface area (TPSA) is 61.9 Å². The lowest BCUT2D eigenvalue weighted by Crippen LogP contribution is -2.30.